The molecule has 0 amide bonds. The molecular formula is C6H5O5PS. The van der Waals surface area contributed by atoms with Crippen molar-refractivity contribution in [1.82, 2.24) is 0 Å². The Balaban J connectivity index is 1.95. The minimum absolute atomic E-state index is 0.517. The van der Waals surface area contributed by atoms with Gasteiger partial charge in [0.05, 0.1) is 0 Å². The van der Waals surface area contributed by atoms with Crippen molar-refractivity contribution in [3.8, 4) is 5.75 Å². The van der Waals surface area contributed by atoms with Gasteiger partial charge in [-0.1, -0.05) is 18.2 Å². The van der Waals surface area contributed by atoms with Crippen LogP contribution in [0.25, 0.3) is 0 Å². The molecule has 1 aliphatic rings. The summed E-state index contributed by atoms with van der Waals surface area (Å²) >= 11 is 0. The van der Waals surface area contributed by atoms with Crippen LogP contribution >= 0.6 is 8.60 Å². The van der Waals surface area contributed by atoms with Gasteiger partial charge in [-0.15, -0.1) is 0 Å². The molecule has 1 fully saturated rings. The van der Waals surface area contributed by atoms with E-state index in [-0.39, 0.29) is 0 Å². The van der Waals surface area contributed by atoms with Crippen molar-refractivity contribution in [2.45, 2.75) is 0 Å². The Morgan fingerprint density at radius 1 is 1.15 bits per heavy atom. The summed E-state index contributed by atoms with van der Waals surface area (Å²) in [5, 5.41) is 0. The van der Waals surface area contributed by atoms with E-state index in [1.165, 1.54) is 0 Å². The molecule has 5 nitrogen and oxygen atoms in total. The third-order valence-electron chi connectivity index (χ3n) is 1.23. The van der Waals surface area contributed by atoms with Crippen molar-refractivity contribution in [1.29, 1.82) is 0 Å². The predicted molar refractivity (Wildman–Crippen MR) is 45.1 cm³/mol. The van der Waals surface area contributed by atoms with Gasteiger partial charge in [-0.25, -0.2) is 0 Å². The van der Waals surface area contributed by atoms with Crippen LogP contribution in [-0.2, 0) is 18.3 Å². The molecule has 0 saturated carbocycles. The first-order valence-electron chi connectivity index (χ1n) is 3.33. The Kier molecular flexibility index (Phi) is 2.21. The van der Waals surface area contributed by atoms with Gasteiger partial charge in [-0.05, 0) is 12.1 Å². The second-order valence-corrected chi connectivity index (χ2v) is 4.82. The SMILES string of the molecule is O=S1(=O)OP(Oc2ccccc2)O1. The van der Waals surface area contributed by atoms with Crippen LogP contribution in [0.1, 0.15) is 0 Å². The lowest BCUT2D eigenvalue weighted by molar-refractivity contribution is 0.285. The topological polar surface area (TPSA) is 61.8 Å². The molecule has 1 aromatic rings. The van der Waals surface area contributed by atoms with Crippen molar-refractivity contribution in [3.05, 3.63) is 30.3 Å². The van der Waals surface area contributed by atoms with E-state index in [4.69, 9.17) is 4.52 Å². The van der Waals surface area contributed by atoms with Crippen LogP contribution in [-0.4, -0.2) is 8.42 Å². The van der Waals surface area contributed by atoms with Gasteiger partial charge in [0.1, 0.15) is 5.75 Å². The van der Waals surface area contributed by atoms with Crippen LogP contribution in [0.3, 0.4) is 0 Å². The van der Waals surface area contributed by atoms with Crippen LogP contribution in [0.15, 0.2) is 30.3 Å². The largest absolute Gasteiger partial charge is 0.432 e. The van der Waals surface area contributed by atoms with Crippen LogP contribution in [0, 0.1) is 0 Å². The zero-order valence-corrected chi connectivity index (χ0v) is 7.99. The molecule has 0 aromatic heterocycles. The van der Waals surface area contributed by atoms with Crippen molar-refractivity contribution in [2.75, 3.05) is 0 Å². The fourth-order valence-electron chi connectivity index (χ4n) is 0.753. The van der Waals surface area contributed by atoms with Crippen molar-refractivity contribution >= 4 is 19.0 Å². The van der Waals surface area contributed by atoms with Crippen LogP contribution in [0.5, 0.6) is 5.75 Å². The molecule has 0 radical (unpaired) electrons. The van der Waals surface area contributed by atoms with E-state index in [0.717, 1.165) is 0 Å². The van der Waals surface area contributed by atoms with Crippen molar-refractivity contribution < 1.29 is 20.9 Å². The fraction of sp³-hybridized carbons (Fsp3) is 0. The highest BCUT2D eigenvalue weighted by atomic mass is 32.3. The molecule has 0 unspecified atom stereocenters. The first-order valence-corrected chi connectivity index (χ1v) is 5.76. The second-order valence-electron chi connectivity index (χ2n) is 2.19. The fourth-order valence-corrected chi connectivity index (χ4v) is 2.53. The zero-order valence-electron chi connectivity index (χ0n) is 6.28. The predicted octanol–water partition coefficient (Wildman–Crippen LogP) is 1.58. The first kappa shape index (κ1) is 8.90. The van der Waals surface area contributed by atoms with Crippen molar-refractivity contribution in [2.24, 2.45) is 0 Å². The summed E-state index contributed by atoms with van der Waals surface area (Å²) < 4.78 is 34.4. The Hall–Kier alpha value is -0.680. The Morgan fingerprint density at radius 2 is 1.77 bits per heavy atom. The quantitative estimate of drug-likeness (QED) is 0.708. The summed E-state index contributed by atoms with van der Waals surface area (Å²) in [5.74, 6) is 0.517. The summed E-state index contributed by atoms with van der Waals surface area (Å²) in [5.41, 5.74) is 0. The molecule has 0 N–H and O–H groups in total. The lowest BCUT2D eigenvalue weighted by Crippen LogP contribution is -2.18. The number of para-hydroxylation sites is 1. The molecule has 0 spiro atoms. The van der Waals surface area contributed by atoms with Crippen molar-refractivity contribution in [3.63, 3.8) is 0 Å². The van der Waals surface area contributed by atoms with Crippen LogP contribution < -0.4 is 4.52 Å². The summed E-state index contributed by atoms with van der Waals surface area (Å²) in [4.78, 5) is 0. The van der Waals surface area contributed by atoms with Gasteiger partial charge in [0.2, 0.25) is 0 Å². The smallest absolute Gasteiger partial charge is 0.425 e. The normalized spacial score (nSPS) is 20.6. The van der Waals surface area contributed by atoms with E-state index in [9.17, 15) is 8.42 Å². The minimum Gasteiger partial charge on any atom is -0.425 e. The maximum absolute atomic E-state index is 10.4. The average molecular weight is 220 g/mol. The molecule has 0 bridgehead atoms. The van der Waals surface area contributed by atoms with Gasteiger partial charge in [-0.2, -0.15) is 16.4 Å². The lowest BCUT2D eigenvalue weighted by atomic mass is 10.3. The molecule has 1 aliphatic heterocycles. The molecule has 1 saturated heterocycles. The Labute approximate surface area is 76.6 Å². The van der Waals surface area contributed by atoms with E-state index in [2.05, 4.69) is 7.94 Å². The standard InChI is InChI=1S/C6H5O5PS/c7-13(8)10-12(11-13)9-6-4-2-1-3-5-6/h1-5H. The third-order valence-corrected chi connectivity index (χ3v) is 4.02. The average Bonchev–Trinajstić information content (AvgIpc) is 2.03. The molecule has 13 heavy (non-hydrogen) atoms. The van der Waals surface area contributed by atoms with Gasteiger partial charge in [0, 0.05) is 0 Å². The van der Waals surface area contributed by atoms with Crippen LogP contribution in [0.2, 0.25) is 0 Å². The molecular weight excluding hydrogens is 215 g/mol. The van der Waals surface area contributed by atoms with Crippen LogP contribution in [0.4, 0.5) is 0 Å². The molecule has 1 heterocycles. The number of rotatable bonds is 2. The number of hydrogen-bond donors (Lipinski definition) is 0. The molecule has 7 heteroatoms. The van der Waals surface area contributed by atoms with Gasteiger partial charge in [0.25, 0.3) is 0 Å². The molecule has 0 atom stereocenters. The van der Waals surface area contributed by atoms with Gasteiger partial charge in [-0.3, -0.25) is 0 Å². The summed E-state index contributed by atoms with van der Waals surface area (Å²) in [6.45, 7) is 0. The maximum Gasteiger partial charge on any atom is 0.432 e. The monoisotopic (exact) mass is 220 g/mol. The third kappa shape index (κ3) is 2.16. The molecule has 2 rings (SSSR count). The zero-order chi connectivity index (χ0) is 9.31. The maximum atomic E-state index is 10.4. The number of hydrogen-bond acceptors (Lipinski definition) is 5. The summed E-state index contributed by atoms with van der Waals surface area (Å²) in [6, 6.07) is 8.71. The van der Waals surface area contributed by atoms with E-state index in [1.54, 1.807) is 24.3 Å². The van der Waals surface area contributed by atoms with E-state index in [0.29, 0.717) is 5.75 Å². The highest BCUT2D eigenvalue weighted by Crippen LogP contribution is 2.52. The Morgan fingerprint density at radius 3 is 2.31 bits per heavy atom. The van der Waals surface area contributed by atoms with E-state index < -0.39 is 19.0 Å². The lowest BCUT2D eigenvalue weighted by Gasteiger charge is -2.21. The second kappa shape index (κ2) is 3.23. The highest BCUT2D eigenvalue weighted by Gasteiger charge is 2.41. The summed E-state index contributed by atoms with van der Waals surface area (Å²) in [7, 11) is -5.50. The van der Waals surface area contributed by atoms with Gasteiger partial charge < -0.3 is 4.52 Å². The van der Waals surface area contributed by atoms with E-state index >= 15 is 0 Å². The first-order chi connectivity index (χ1) is 6.16. The molecule has 70 valence electrons. The summed E-state index contributed by atoms with van der Waals surface area (Å²) in [6.07, 6.45) is 0. The van der Waals surface area contributed by atoms with Gasteiger partial charge in [0.15, 0.2) is 0 Å². The molecule has 0 aliphatic carbocycles. The molecule has 1 aromatic carbocycles. The Bertz CT molecular complexity index is 377. The van der Waals surface area contributed by atoms with E-state index in [1.807, 2.05) is 6.07 Å². The highest BCUT2D eigenvalue weighted by molar-refractivity contribution is 7.94. The van der Waals surface area contributed by atoms with Gasteiger partial charge >= 0.3 is 19.0 Å². The number of benzene rings is 1. The minimum atomic E-state index is -3.75.